The highest BCUT2D eigenvalue weighted by atomic mass is 16.5. The maximum absolute atomic E-state index is 6.17. The number of oxazole rings is 1. The van der Waals surface area contributed by atoms with Crippen LogP contribution in [0, 0.1) is 6.07 Å². The number of hydrogen-bond donors (Lipinski definition) is 0. The highest BCUT2D eigenvalue weighted by Gasteiger charge is 2.22. The van der Waals surface area contributed by atoms with E-state index in [-0.39, 0.29) is 0 Å². The molecule has 0 amide bonds. The van der Waals surface area contributed by atoms with Gasteiger partial charge in [-0.15, -0.1) is 0 Å². The lowest BCUT2D eigenvalue weighted by molar-refractivity contribution is 0.324. The molecular weight excluding hydrogens is 370 g/mol. The summed E-state index contributed by atoms with van der Waals surface area (Å²) in [6, 6.07) is 18.4. The minimum absolute atomic E-state index is 0.383. The van der Waals surface area contributed by atoms with Crippen LogP contribution in [0.1, 0.15) is 0 Å². The standard InChI is InChI=1S/C23H20NO5/c1-25-15-8-5-7-14(13-15)16-9-6-10-18-20(16)29-23(24-18)17-11-12-19(26-2)22(28-4)21(17)27-3/h5-10,12-13H,1-4H3. The average molecular weight is 390 g/mol. The maximum atomic E-state index is 6.17. The molecule has 29 heavy (non-hydrogen) atoms. The molecule has 4 rings (SSSR count). The first-order valence-electron chi connectivity index (χ1n) is 8.95. The van der Waals surface area contributed by atoms with Gasteiger partial charge in [0.25, 0.3) is 0 Å². The van der Waals surface area contributed by atoms with Gasteiger partial charge in [0.1, 0.15) is 11.3 Å². The van der Waals surface area contributed by atoms with Gasteiger partial charge in [0, 0.05) is 11.6 Å². The quantitative estimate of drug-likeness (QED) is 0.462. The lowest BCUT2D eigenvalue weighted by atomic mass is 10.0. The van der Waals surface area contributed by atoms with Crippen molar-refractivity contribution in [2.45, 2.75) is 0 Å². The predicted octanol–water partition coefficient (Wildman–Crippen LogP) is 5.00. The molecule has 3 aromatic carbocycles. The number of rotatable bonds is 6. The molecule has 6 heteroatoms. The van der Waals surface area contributed by atoms with E-state index in [0.717, 1.165) is 22.4 Å². The predicted molar refractivity (Wildman–Crippen MR) is 110 cm³/mol. The SMILES string of the molecule is COc1cccc(-c2cccc3nc(-c4[c]cc(OC)c(OC)c4OC)oc23)c1. The van der Waals surface area contributed by atoms with E-state index < -0.39 is 0 Å². The first kappa shape index (κ1) is 18.7. The number of hydrogen-bond acceptors (Lipinski definition) is 6. The molecule has 0 atom stereocenters. The Morgan fingerprint density at radius 3 is 2.38 bits per heavy atom. The van der Waals surface area contributed by atoms with Crippen molar-refractivity contribution in [3.8, 4) is 45.6 Å². The van der Waals surface area contributed by atoms with Crippen molar-refractivity contribution >= 4 is 11.1 Å². The van der Waals surface area contributed by atoms with Gasteiger partial charge in [-0.2, -0.15) is 0 Å². The Labute approximate surface area is 168 Å². The fraction of sp³-hybridized carbons (Fsp3) is 0.174. The minimum atomic E-state index is 0.383. The van der Waals surface area contributed by atoms with Crippen molar-refractivity contribution in [2.24, 2.45) is 0 Å². The molecule has 4 aromatic rings. The van der Waals surface area contributed by atoms with Gasteiger partial charge in [-0.05, 0) is 29.8 Å². The second-order valence-corrected chi connectivity index (χ2v) is 6.20. The van der Waals surface area contributed by atoms with Crippen molar-refractivity contribution < 1.29 is 23.4 Å². The summed E-state index contributed by atoms with van der Waals surface area (Å²) in [4.78, 5) is 4.65. The van der Waals surface area contributed by atoms with E-state index in [4.69, 9.17) is 23.4 Å². The summed E-state index contributed by atoms with van der Waals surface area (Å²) in [6.45, 7) is 0. The zero-order valence-corrected chi connectivity index (χ0v) is 16.6. The van der Waals surface area contributed by atoms with Gasteiger partial charge in [0.05, 0.1) is 34.0 Å². The molecule has 1 aromatic heterocycles. The third-order valence-electron chi connectivity index (χ3n) is 4.64. The largest absolute Gasteiger partial charge is 0.497 e. The van der Waals surface area contributed by atoms with E-state index >= 15 is 0 Å². The summed E-state index contributed by atoms with van der Waals surface area (Å²) in [5.41, 5.74) is 3.84. The van der Waals surface area contributed by atoms with Crippen molar-refractivity contribution in [2.75, 3.05) is 28.4 Å². The normalized spacial score (nSPS) is 10.8. The summed E-state index contributed by atoms with van der Waals surface area (Å²) in [7, 11) is 6.31. The first-order valence-corrected chi connectivity index (χ1v) is 8.95. The molecule has 1 heterocycles. The van der Waals surface area contributed by atoms with Gasteiger partial charge in [0.15, 0.2) is 17.1 Å². The number of methoxy groups -OCH3 is 4. The van der Waals surface area contributed by atoms with E-state index in [1.165, 1.54) is 0 Å². The number of para-hydroxylation sites is 1. The number of ether oxygens (including phenoxy) is 4. The van der Waals surface area contributed by atoms with Gasteiger partial charge in [0.2, 0.25) is 11.6 Å². The second kappa shape index (κ2) is 7.75. The van der Waals surface area contributed by atoms with Crippen LogP contribution in [0.25, 0.3) is 33.7 Å². The molecule has 0 N–H and O–H groups in total. The van der Waals surface area contributed by atoms with Crippen LogP contribution in [-0.2, 0) is 0 Å². The Kier molecular flexibility index (Phi) is 4.99. The summed E-state index contributed by atoms with van der Waals surface area (Å²) >= 11 is 0. The Bertz CT molecular complexity index is 1170. The number of nitrogens with zero attached hydrogens (tertiary/aromatic N) is 1. The Balaban J connectivity index is 1.90. The highest BCUT2D eigenvalue weighted by molar-refractivity contribution is 5.92. The average Bonchev–Trinajstić information content (AvgIpc) is 3.22. The van der Waals surface area contributed by atoms with E-state index in [1.807, 2.05) is 42.5 Å². The smallest absolute Gasteiger partial charge is 0.231 e. The van der Waals surface area contributed by atoms with Gasteiger partial charge in [-0.1, -0.05) is 24.3 Å². The Hall–Kier alpha value is -3.67. The summed E-state index contributed by atoms with van der Waals surface area (Å²) in [5, 5.41) is 0. The van der Waals surface area contributed by atoms with Crippen LogP contribution < -0.4 is 18.9 Å². The molecule has 0 saturated heterocycles. The van der Waals surface area contributed by atoms with Crippen LogP contribution in [-0.4, -0.2) is 33.4 Å². The molecule has 0 bridgehead atoms. The third kappa shape index (κ3) is 3.23. The topological polar surface area (TPSA) is 63.0 Å². The molecule has 0 fully saturated rings. The summed E-state index contributed by atoms with van der Waals surface area (Å²) in [6.07, 6.45) is 0. The van der Waals surface area contributed by atoms with Crippen molar-refractivity contribution in [1.29, 1.82) is 0 Å². The van der Waals surface area contributed by atoms with Gasteiger partial charge < -0.3 is 23.4 Å². The van der Waals surface area contributed by atoms with Crippen LogP contribution in [0.3, 0.4) is 0 Å². The number of fused-ring (bicyclic) bond motifs is 1. The summed E-state index contributed by atoms with van der Waals surface area (Å²) in [5.74, 6) is 2.57. The molecule has 1 radical (unpaired) electrons. The molecule has 0 aliphatic rings. The minimum Gasteiger partial charge on any atom is -0.497 e. The van der Waals surface area contributed by atoms with Crippen LogP contribution in [0.5, 0.6) is 23.0 Å². The molecule has 0 spiro atoms. The third-order valence-corrected chi connectivity index (χ3v) is 4.64. The Morgan fingerprint density at radius 2 is 1.66 bits per heavy atom. The van der Waals surface area contributed by atoms with Gasteiger partial charge in [-0.25, -0.2) is 4.98 Å². The van der Waals surface area contributed by atoms with Crippen LogP contribution in [0.4, 0.5) is 0 Å². The van der Waals surface area contributed by atoms with Crippen molar-refractivity contribution in [3.63, 3.8) is 0 Å². The molecule has 147 valence electrons. The van der Waals surface area contributed by atoms with Crippen molar-refractivity contribution in [3.05, 3.63) is 54.6 Å². The van der Waals surface area contributed by atoms with Crippen LogP contribution in [0.2, 0.25) is 0 Å². The fourth-order valence-electron chi connectivity index (χ4n) is 3.27. The molecular formula is C23H20NO5. The van der Waals surface area contributed by atoms with E-state index in [2.05, 4.69) is 11.1 Å². The number of aromatic nitrogens is 1. The molecule has 0 saturated carbocycles. The molecule has 0 unspecified atom stereocenters. The maximum Gasteiger partial charge on any atom is 0.231 e. The lowest BCUT2D eigenvalue weighted by Gasteiger charge is -2.13. The second-order valence-electron chi connectivity index (χ2n) is 6.20. The van der Waals surface area contributed by atoms with Crippen LogP contribution >= 0.6 is 0 Å². The van der Waals surface area contributed by atoms with E-state index in [0.29, 0.717) is 34.3 Å². The van der Waals surface area contributed by atoms with Gasteiger partial charge >= 0.3 is 0 Å². The molecule has 0 aliphatic heterocycles. The number of benzene rings is 3. The Morgan fingerprint density at radius 1 is 0.862 bits per heavy atom. The van der Waals surface area contributed by atoms with E-state index in [9.17, 15) is 0 Å². The monoisotopic (exact) mass is 390 g/mol. The molecule has 0 aliphatic carbocycles. The highest BCUT2D eigenvalue weighted by Crippen LogP contribution is 2.44. The zero-order valence-electron chi connectivity index (χ0n) is 16.6. The first-order chi connectivity index (χ1) is 14.2. The van der Waals surface area contributed by atoms with Crippen LogP contribution in [0.15, 0.2) is 52.9 Å². The lowest BCUT2D eigenvalue weighted by Crippen LogP contribution is -1.97. The molecule has 6 nitrogen and oxygen atoms in total. The van der Waals surface area contributed by atoms with Gasteiger partial charge in [-0.3, -0.25) is 0 Å². The summed E-state index contributed by atoms with van der Waals surface area (Å²) < 4.78 is 27.9. The van der Waals surface area contributed by atoms with E-state index in [1.54, 1.807) is 34.5 Å². The zero-order chi connectivity index (χ0) is 20.4. The fourth-order valence-corrected chi connectivity index (χ4v) is 3.27. The van der Waals surface area contributed by atoms with Crippen molar-refractivity contribution in [1.82, 2.24) is 4.98 Å².